The summed E-state index contributed by atoms with van der Waals surface area (Å²) in [5.41, 5.74) is 1.27. The van der Waals surface area contributed by atoms with Crippen LogP contribution in [-0.4, -0.2) is 18.0 Å². The van der Waals surface area contributed by atoms with Crippen LogP contribution in [0.5, 0.6) is 0 Å². The highest BCUT2D eigenvalue weighted by Gasteiger charge is 2.06. The minimum atomic E-state index is -0.687. The Bertz CT molecular complexity index is 399. The van der Waals surface area contributed by atoms with Crippen molar-refractivity contribution in [2.24, 2.45) is 0 Å². The van der Waals surface area contributed by atoms with E-state index in [9.17, 15) is 14.4 Å². The van der Waals surface area contributed by atoms with Crippen LogP contribution < -0.4 is 5.32 Å². The van der Waals surface area contributed by atoms with Gasteiger partial charge in [-0.2, -0.15) is 0 Å². The van der Waals surface area contributed by atoms with E-state index in [1.165, 1.54) is 6.92 Å². The van der Waals surface area contributed by atoms with E-state index in [1.54, 1.807) is 24.3 Å². The first-order valence-corrected chi connectivity index (χ1v) is 4.47. The topological polar surface area (TPSA) is 63.2 Å². The molecule has 1 aromatic carbocycles. The van der Waals surface area contributed by atoms with Crippen LogP contribution in [-0.2, 0) is 16.1 Å². The second kappa shape index (κ2) is 5.05. The van der Waals surface area contributed by atoms with Crippen LogP contribution in [0.15, 0.2) is 24.3 Å². The number of ketones is 1. The smallest absolute Gasteiger partial charge is 0.284 e. The number of hydrogen-bond donors (Lipinski definition) is 1. The average molecular weight is 205 g/mol. The van der Waals surface area contributed by atoms with Gasteiger partial charge in [-0.25, -0.2) is 0 Å². The van der Waals surface area contributed by atoms with Crippen LogP contribution in [0.1, 0.15) is 22.8 Å². The molecule has 0 heterocycles. The predicted molar refractivity (Wildman–Crippen MR) is 54.4 cm³/mol. The van der Waals surface area contributed by atoms with Crippen LogP contribution in [0.2, 0.25) is 0 Å². The van der Waals surface area contributed by atoms with E-state index in [4.69, 9.17) is 0 Å². The third-order valence-corrected chi connectivity index (χ3v) is 1.96. The molecule has 0 bridgehead atoms. The molecule has 1 amide bonds. The van der Waals surface area contributed by atoms with E-state index >= 15 is 0 Å². The molecule has 0 aliphatic carbocycles. The molecule has 0 aliphatic rings. The zero-order valence-electron chi connectivity index (χ0n) is 8.32. The molecule has 0 aromatic heterocycles. The van der Waals surface area contributed by atoms with Gasteiger partial charge in [-0.1, -0.05) is 24.3 Å². The number of carbonyl (C=O) groups is 3. The summed E-state index contributed by atoms with van der Waals surface area (Å²) in [5.74, 6) is -0.751. The number of aldehydes is 1. The highest BCUT2D eigenvalue weighted by molar-refractivity contribution is 6.23. The van der Waals surface area contributed by atoms with Crippen LogP contribution in [0.25, 0.3) is 0 Å². The minimum absolute atomic E-state index is 0.0639. The first-order chi connectivity index (χ1) is 7.15. The van der Waals surface area contributed by atoms with E-state index in [0.717, 1.165) is 0 Å². The van der Waals surface area contributed by atoms with E-state index in [0.29, 0.717) is 11.1 Å². The van der Waals surface area contributed by atoms with Gasteiger partial charge in [0.15, 0.2) is 5.78 Å². The summed E-state index contributed by atoms with van der Waals surface area (Å²) in [4.78, 5) is 32.0. The molecule has 0 fully saturated rings. The predicted octanol–water partition coefficient (Wildman–Crippen LogP) is 0.704. The fraction of sp³-hybridized carbons (Fsp3) is 0.182. The van der Waals surface area contributed by atoms with Crippen LogP contribution in [0, 0.1) is 0 Å². The number of nitrogens with one attached hydrogen (secondary N) is 1. The number of Topliss-reactive ketones (excluding diaryl/α,β-unsaturated/α-hetero) is 1. The lowest BCUT2D eigenvalue weighted by atomic mass is 10.0. The standard InChI is InChI=1S/C11H11NO3/c1-8(14)10-5-3-2-4-9(10)6-12-11(15)7-13/h2-5,7H,6H2,1H3,(H,12,15). The Kier molecular flexibility index (Phi) is 3.74. The Morgan fingerprint density at radius 2 is 2.00 bits per heavy atom. The number of benzene rings is 1. The lowest BCUT2D eigenvalue weighted by Gasteiger charge is -2.06. The van der Waals surface area contributed by atoms with Crippen molar-refractivity contribution in [2.75, 3.05) is 0 Å². The number of amides is 1. The summed E-state index contributed by atoms with van der Waals surface area (Å²) in [6.07, 6.45) is 0.205. The van der Waals surface area contributed by atoms with Crippen molar-refractivity contribution in [1.82, 2.24) is 5.32 Å². The zero-order valence-corrected chi connectivity index (χ0v) is 8.32. The number of hydrogen-bond acceptors (Lipinski definition) is 3. The minimum Gasteiger partial charge on any atom is -0.346 e. The molecule has 1 N–H and O–H groups in total. The van der Waals surface area contributed by atoms with Crippen molar-refractivity contribution in [1.29, 1.82) is 0 Å². The van der Waals surface area contributed by atoms with Gasteiger partial charge >= 0.3 is 0 Å². The van der Waals surface area contributed by atoms with Crippen molar-refractivity contribution in [2.45, 2.75) is 13.5 Å². The second-order valence-corrected chi connectivity index (χ2v) is 3.05. The Morgan fingerprint density at radius 1 is 1.33 bits per heavy atom. The second-order valence-electron chi connectivity index (χ2n) is 3.05. The van der Waals surface area contributed by atoms with Crippen molar-refractivity contribution in [3.05, 3.63) is 35.4 Å². The molecule has 15 heavy (non-hydrogen) atoms. The summed E-state index contributed by atoms with van der Waals surface area (Å²) in [7, 11) is 0. The molecule has 0 unspecified atom stereocenters. The van der Waals surface area contributed by atoms with E-state index in [-0.39, 0.29) is 18.6 Å². The fourth-order valence-electron chi connectivity index (χ4n) is 1.24. The summed E-state index contributed by atoms with van der Waals surface area (Å²) < 4.78 is 0. The van der Waals surface area contributed by atoms with Gasteiger partial charge < -0.3 is 5.32 Å². The number of rotatable bonds is 4. The summed E-state index contributed by atoms with van der Waals surface area (Å²) in [6, 6.07) is 6.95. The van der Waals surface area contributed by atoms with Crippen molar-refractivity contribution in [3.8, 4) is 0 Å². The Hall–Kier alpha value is -1.97. The first-order valence-electron chi connectivity index (χ1n) is 4.47. The van der Waals surface area contributed by atoms with Crippen molar-refractivity contribution in [3.63, 3.8) is 0 Å². The molecule has 1 aromatic rings. The zero-order chi connectivity index (χ0) is 11.3. The lowest BCUT2D eigenvalue weighted by molar-refractivity contribution is -0.131. The summed E-state index contributed by atoms with van der Waals surface area (Å²) in [6.45, 7) is 1.65. The monoisotopic (exact) mass is 205 g/mol. The molecule has 0 aliphatic heterocycles. The van der Waals surface area contributed by atoms with E-state index < -0.39 is 5.91 Å². The first kappa shape index (κ1) is 11.1. The summed E-state index contributed by atoms with van der Waals surface area (Å²) >= 11 is 0. The highest BCUT2D eigenvalue weighted by Crippen LogP contribution is 2.08. The molecule has 0 spiro atoms. The third-order valence-electron chi connectivity index (χ3n) is 1.96. The molecule has 0 saturated carbocycles. The third kappa shape index (κ3) is 3.02. The van der Waals surface area contributed by atoms with Crippen LogP contribution in [0.4, 0.5) is 0 Å². The molecule has 78 valence electrons. The fourth-order valence-corrected chi connectivity index (χ4v) is 1.24. The maximum absolute atomic E-state index is 11.2. The SMILES string of the molecule is CC(=O)c1ccccc1CNC(=O)C=O. The van der Waals surface area contributed by atoms with E-state index in [1.807, 2.05) is 0 Å². The van der Waals surface area contributed by atoms with Gasteiger partial charge in [-0.3, -0.25) is 14.4 Å². The molecule has 0 atom stereocenters. The largest absolute Gasteiger partial charge is 0.346 e. The van der Waals surface area contributed by atoms with E-state index in [2.05, 4.69) is 5.32 Å². The van der Waals surface area contributed by atoms with Gasteiger partial charge in [0, 0.05) is 12.1 Å². The van der Waals surface area contributed by atoms with Gasteiger partial charge in [0.05, 0.1) is 0 Å². The van der Waals surface area contributed by atoms with Gasteiger partial charge in [0.1, 0.15) is 0 Å². The average Bonchev–Trinajstić information content (AvgIpc) is 2.26. The quantitative estimate of drug-likeness (QED) is 0.447. The normalized spacial score (nSPS) is 9.40. The molecule has 4 heteroatoms. The highest BCUT2D eigenvalue weighted by atomic mass is 16.2. The lowest BCUT2D eigenvalue weighted by Crippen LogP contribution is -2.24. The van der Waals surface area contributed by atoms with Gasteiger partial charge in [0.25, 0.3) is 5.91 Å². The van der Waals surface area contributed by atoms with Gasteiger partial charge in [-0.05, 0) is 12.5 Å². The Morgan fingerprint density at radius 3 is 2.60 bits per heavy atom. The maximum Gasteiger partial charge on any atom is 0.284 e. The van der Waals surface area contributed by atoms with Gasteiger partial charge in [-0.15, -0.1) is 0 Å². The molecular weight excluding hydrogens is 194 g/mol. The Labute approximate surface area is 87.3 Å². The maximum atomic E-state index is 11.2. The van der Waals surface area contributed by atoms with Crippen LogP contribution >= 0.6 is 0 Å². The van der Waals surface area contributed by atoms with Crippen molar-refractivity contribution >= 4 is 18.0 Å². The Balaban J connectivity index is 2.80. The molecule has 0 saturated heterocycles. The van der Waals surface area contributed by atoms with Crippen molar-refractivity contribution < 1.29 is 14.4 Å². The van der Waals surface area contributed by atoms with Gasteiger partial charge in [0.2, 0.25) is 6.29 Å². The molecule has 0 radical (unpaired) electrons. The number of carbonyl (C=O) groups excluding carboxylic acids is 3. The molecular formula is C11H11NO3. The van der Waals surface area contributed by atoms with Crippen LogP contribution in [0.3, 0.4) is 0 Å². The summed E-state index contributed by atoms with van der Waals surface area (Å²) in [5, 5.41) is 2.38. The molecule has 4 nitrogen and oxygen atoms in total. The molecule has 1 rings (SSSR count).